The van der Waals surface area contributed by atoms with E-state index in [1.165, 1.54) is 24.8 Å². The lowest BCUT2D eigenvalue weighted by molar-refractivity contribution is -0.137. The van der Waals surface area contributed by atoms with Crippen molar-refractivity contribution in [3.05, 3.63) is 53.6 Å². The number of aliphatic hydroxyl groups is 1. The van der Waals surface area contributed by atoms with Gasteiger partial charge in [0.15, 0.2) is 0 Å². The molecule has 0 aliphatic rings. The van der Waals surface area contributed by atoms with Crippen molar-refractivity contribution in [3.63, 3.8) is 0 Å². The minimum atomic E-state index is -0.730. The Morgan fingerprint density at radius 1 is 1.08 bits per heavy atom. The number of unbranched alkanes of at least 4 members (excludes halogenated alkanes) is 4. The van der Waals surface area contributed by atoms with Crippen LogP contribution in [0.5, 0.6) is 0 Å². The molecule has 0 aliphatic heterocycles. The number of benzene rings is 1. The van der Waals surface area contributed by atoms with Crippen molar-refractivity contribution in [2.24, 2.45) is 0 Å². The van der Waals surface area contributed by atoms with Crippen LogP contribution >= 0.6 is 0 Å². The Hall–Kier alpha value is -1.87. The van der Waals surface area contributed by atoms with Crippen LogP contribution in [0.4, 0.5) is 0 Å². The third-order valence-corrected chi connectivity index (χ3v) is 4.22. The molecule has 0 saturated heterocycles. The molecule has 0 spiro atoms. The third kappa shape index (κ3) is 10.6. The number of aliphatic hydroxyl groups excluding tert-OH is 1. The summed E-state index contributed by atoms with van der Waals surface area (Å²) in [7, 11) is 0. The first-order valence-electron chi connectivity index (χ1n) is 9.46. The van der Waals surface area contributed by atoms with Crippen molar-refractivity contribution in [2.75, 3.05) is 0 Å². The van der Waals surface area contributed by atoms with Crippen LogP contribution in [-0.2, 0) is 11.2 Å². The standard InChI is InChI=1S/C22H32O3/c1-2-3-4-5-16-21(23)17-10-8-14-19-12-6-7-13-20(19)15-9-11-18-22(24)25/h6-8,10,12-14,17,21,23H,2-5,9,11,15-16,18H2,1H3,(H,24,25)/b14-8+,17-10+/t21-/m0/s1. The summed E-state index contributed by atoms with van der Waals surface area (Å²) in [6.07, 6.45) is 15.6. The first-order chi connectivity index (χ1) is 12.1. The Morgan fingerprint density at radius 2 is 1.88 bits per heavy atom. The summed E-state index contributed by atoms with van der Waals surface area (Å²) in [6, 6.07) is 8.18. The summed E-state index contributed by atoms with van der Waals surface area (Å²) in [4.78, 5) is 10.6. The van der Waals surface area contributed by atoms with Gasteiger partial charge in [0.25, 0.3) is 0 Å². The number of allylic oxidation sites excluding steroid dienone is 2. The topological polar surface area (TPSA) is 57.5 Å². The monoisotopic (exact) mass is 344 g/mol. The molecule has 1 aromatic carbocycles. The highest BCUT2D eigenvalue weighted by atomic mass is 16.4. The van der Waals surface area contributed by atoms with Crippen molar-refractivity contribution < 1.29 is 15.0 Å². The van der Waals surface area contributed by atoms with E-state index in [4.69, 9.17) is 5.11 Å². The fourth-order valence-corrected chi connectivity index (χ4v) is 2.74. The summed E-state index contributed by atoms with van der Waals surface area (Å²) in [5.41, 5.74) is 2.39. The van der Waals surface area contributed by atoms with E-state index in [0.29, 0.717) is 6.42 Å². The van der Waals surface area contributed by atoms with Crippen LogP contribution in [0.15, 0.2) is 42.5 Å². The molecule has 0 fully saturated rings. The van der Waals surface area contributed by atoms with Crippen molar-refractivity contribution in [1.82, 2.24) is 0 Å². The molecular formula is C22H32O3. The summed E-state index contributed by atoms with van der Waals surface area (Å²) < 4.78 is 0. The van der Waals surface area contributed by atoms with Gasteiger partial charge in [-0.25, -0.2) is 0 Å². The highest BCUT2D eigenvalue weighted by Crippen LogP contribution is 2.15. The van der Waals surface area contributed by atoms with E-state index >= 15 is 0 Å². The van der Waals surface area contributed by atoms with Gasteiger partial charge < -0.3 is 10.2 Å². The Kier molecular flexibility index (Phi) is 11.4. The minimum absolute atomic E-state index is 0.233. The maximum absolute atomic E-state index is 10.6. The van der Waals surface area contributed by atoms with E-state index in [1.54, 1.807) is 0 Å². The Labute approximate surface area is 152 Å². The van der Waals surface area contributed by atoms with E-state index in [0.717, 1.165) is 31.2 Å². The number of hydrogen-bond donors (Lipinski definition) is 2. The van der Waals surface area contributed by atoms with Gasteiger partial charge in [0.1, 0.15) is 0 Å². The van der Waals surface area contributed by atoms with Gasteiger partial charge in [-0.2, -0.15) is 0 Å². The molecular weight excluding hydrogens is 312 g/mol. The second kappa shape index (κ2) is 13.4. The first-order valence-corrected chi connectivity index (χ1v) is 9.46. The summed E-state index contributed by atoms with van der Waals surface area (Å²) in [6.45, 7) is 2.19. The van der Waals surface area contributed by atoms with Gasteiger partial charge in [-0.05, 0) is 36.8 Å². The first kappa shape index (κ1) is 21.2. The van der Waals surface area contributed by atoms with Crippen molar-refractivity contribution in [2.45, 2.75) is 70.8 Å². The van der Waals surface area contributed by atoms with Crippen LogP contribution in [-0.4, -0.2) is 22.3 Å². The van der Waals surface area contributed by atoms with Crippen molar-refractivity contribution in [3.8, 4) is 0 Å². The van der Waals surface area contributed by atoms with Gasteiger partial charge in [-0.3, -0.25) is 4.79 Å². The van der Waals surface area contributed by atoms with Gasteiger partial charge >= 0.3 is 5.97 Å². The quantitative estimate of drug-likeness (QED) is 0.373. The zero-order chi connectivity index (χ0) is 18.3. The number of hydrogen-bond acceptors (Lipinski definition) is 2. The molecule has 138 valence electrons. The molecule has 0 aliphatic carbocycles. The van der Waals surface area contributed by atoms with Crippen molar-refractivity contribution in [1.29, 1.82) is 0 Å². The van der Waals surface area contributed by atoms with Gasteiger partial charge in [-0.15, -0.1) is 0 Å². The van der Waals surface area contributed by atoms with E-state index < -0.39 is 5.97 Å². The fraction of sp³-hybridized carbons (Fsp3) is 0.500. The van der Waals surface area contributed by atoms with Crippen LogP contribution in [0.3, 0.4) is 0 Å². The van der Waals surface area contributed by atoms with Crippen LogP contribution in [0.25, 0.3) is 6.08 Å². The zero-order valence-electron chi connectivity index (χ0n) is 15.4. The molecule has 0 aromatic heterocycles. The van der Waals surface area contributed by atoms with Gasteiger partial charge in [0.2, 0.25) is 0 Å². The van der Waals surface area contributed by atoms with E-state index in [9.17, 15) is 9.90 Å². The minimum Gasteiger partial charge on any atom is -0.481 e. The summed E-state index contributed by atoms with van der Waals surface area (Å²) in [5.74, 6) is -0.730. The van der Waals surface area contributed by atoms with Gasteiger partial charge in [0.05, 0.1) is 6.10 Å². The van der Waals surface area contributed by atoms with Crippen LogP contribution in [0, 0.1) is 0 Å². The summed E-state index contributed by atoms with van der Waals surface area (Å²) in [5, 5.41) is 18.6. The molecule has 3 heteroatoms. The number of aliphatic carboxylic acids is 1. The zero-order valence-corrected chi connectivity index (χ0v) is 15.4. The predicted octanol–water partition coefficient (Wildman–Crippen LogP) is 5.38. The maximum atomic E-state index is 10.6. The van der Waals surface area contributed by atoms with Gasteiger partial charge in [0, 0.05) is 6.42 Å². The fourth-order valence-electron chi connectivity index (χ4n) is 2.74. The SMILES string of the molecule is CCCCCC[C@H](O)/C=C/C=C/c1ccccc1CCCCC(=O)O. The molecule has 2 N–H and O–H groups in total. The van der Waals surface area contributed by atoms with E-state index in [2.05, 4.69) is 19.1 Å². The number of aryl methyl sites for hydroxylation is 1. The van der Waals surface area contributed by atoms with Crippen LogP contribution in [0.2, 0.25) is 0 Å². The molecule has 0 unspecified atom stereocenters. The second-order valence-corrected chi connectivity index (χ2v) is 6.46. The lowest BCUT2D eigenvalue weighted by Gasteiger charge is -2.05. The Bertz CT molecular complexity index is 546. The normalized spacial score (nSPS) is 12.9. The largest absolute Gasteiger partial charge is 0.481 e. The molecule has 3 nitrogen and oxygen atoms in total. The average Bonchev–Trinajstić information content (AvgIpc) is 2.60. The van der Waals surface area contributed by atoms with Crippen molar-refractivity contribution >= 4 is 12.0 Å². The highest BCUT2D eigenvalue weighted by molar-refractivity contribution is 5.66. The molecule has 0 radical (unpaired) electrons. The molecule has 0 bridgehead atoms. The average molecular weight is 344 g/mol. The predicted molar refractivity (Wildman–Crippen MR) is 105 cm³/mol. The lowest BCUT2D eigenvalue weighted by Crippen LogP contribution is -2.00. The molecule has 1 atom stereocenters. The smallest absolute Gasteiger partial charge is 0.303 e. The second-order valence-electron chi connectivity index (χ2n) is 6.46. The number of rotatable bonds is 13. The number of carbonyl (C=O) groups is 1. The third-order valence-electron chi connectivity index (χ3n) is 4.22. The molecule has 0 amide bonds. The van der Waals surface area contributed by atoms with E-state index in [-0.39, 0.29) is 12.5 Å². The van der Waals surface area contributed by atoms with E-state index in [1.807, 2.05) is 36.4 Å². The van der Waals surface area contributed by atoms with Crippen LogP contribution < -0.4 is 0 Å². The van der Waals surface area contributed by atoms with Gasteiger partial charge in [-0.1, -0.05) is 81.2 Å². The van der Waals surface area contributed by atoms with Crippen LogP contribution in [0.1, 0.15) is 69.4 Å². The number of carboxylic acids is 1. The molecule has 1 aromatic rings. The Balaban J connectivity index is 2.43. The Morgan fingerprint density at radius 3 is 2.64 bits per heavy atom. The number of carboxylic acid groups (broad SMARTS) is 1. The maximum Gasteiger partial charge on any atom is 0.303 e. The summed E-state index contributed by atoms with van der Waals surface area (Å²) >= 11 is 0. The molecule has 1 rings (SSSR count). The molecule has 0 saturated carbocycles. The highest BCUT2D eigenvalue weighted by Gasteiger charge is 2.01. The molecule has 25 heavy (non-hydrogen) atoms. The lowest BCUT2D eigenvalue weighted by atomic mass is 10.0. The molecule has 0 heterocycles.